The zero-order chi connectivity index (χ0) is 15.2. The van der Waals surface area contributed by atoms with E-state index in [0.29, 0.717) is 16.1 Å². The van der Waals surface area contributed by atoms with E-state index in [2.05, 4.69) is 5.32 Å². The van der Waals surface area contributed by atoms with Crippen LogP contribution in [0.2, 0.25) is 5.02 Å². The van der Waals surface area contributed by atoms with E-state index >= 15 is 0 Å². The van der Waals surface area contributed by atoms with E-state index in [1.54, 1.807) is 36.4 Å². The minimum atomic E-state index is -0.413. The van der Waals surface area contributed by atoms with Crippen LogP contribution in [0.3, 0.4) is 0 Å². The highest BCUT2D eigenvalue weighted by Crippen LogP contribution is 2.17. The number of amides is 1. The van der Waals surface area contributed by atoms with E-state index in [1.807, 2.05) is 0 Å². The highest BCUT2D eigenvalue weighted by Gasteiger charge is 2.13. The minimum absolute atomic E-state index is 0.241. The maximum absolute atomic E-state index is 13.2. The molecule has 0 radical (unpaired) electrons. The van der Waals surface area contributed by atoms with E-state index < -0.39 is 6.10 Å². The molecule has 1 N–H and O–H groups in total. The molecule has 0 aromatic heterocycles. The molecule has 0 unspecified atom stereocenters. The maximum atomic E-state index is 13.2. The number of hydrogen-bond acceptors (Lipinski definition) is 2. The third kappa shape index (κ3) is 4.28. The summed E-state index contributed by atoms with van der Waals surface area (Å²) in [6.07, 6.45) is -0.413. The van der Waals surface area contributed by atoms with E-state index in [4.69, 9.17) is 16.3 Å². The quantitative estimate of drug-likeness (QED) is 0.916. The van der Waals surface area contributed by atoms with Crippen molar-refractivity contribution in [3.63, 3.8) is 0 Å². The summed E-state index contributed by atoms with van der Waals surface area (Å²) in [6.45, 7) is 0.241. The fourth-order valence-electron chi connectivity index (χ4n) is 1.96. The first kappa shape index (κ1) is 15.5. The van der Waals surface area contributed by atoms with Crippen LogP contribution in [0.25, 0.3) is 0 Å². The Balaban J connectivity index is 2.02. The molecule has 2 aromatic rings. The third-order valence-electron chi connectivity index (χ3n) is 3.04. The van der Waals surface area contributed by atoms with Gasteiger partial charge in [-0.3, -0.25) is 4.79 Å². The summed E-state index contributed by atoms with van der Waals surface area (Å²) in [5, 5.41) is 3.25. The number of hydrogen-bond donors (Lipinski definition) is 1. The number of carbonyl (C=O) groups excluding carboxylic acids is 1. The highest BCUT2D eigenvalue weighted by atomic mass is 35.5. The minimum Gasteiger partial charge on any atom is -0.375 e. The highest BCUT2D eigenvalue weighted by molar-refractivity contribution is 6.30. The number of halogens is 2. The monoisotopic (exact) mass is 307 g/mol. The van der Waals surface area contributed by atoms with Gasteiger partial charge in [0.1, 0.15) is 5.82 Å². The summed E-state index contributed by atoms with van der Waals surface area (Å²) in [4.78, 5) is 12.0. The van der Waals surface area contributed by atoms with E-state index in [0.717, 1.165) is 0 Å². The second-order valence-electron chi connectivity index (χ2n) is 4.50. The summed E-state index contributed by atoms with van der Waals surface area (Å²) in [5.41, 5.74) is 1.14. The molecule has 0 spiro atoms. The maximum Gasteiger partial charge on any atom is 0.251 e. The molecule has 3 nitrogen and oxygen atoms in total. The Morgan fingerprint density at radius 3 is 2.71 bits per heavy atom. The van der Waals surface area contributed by atoms with Gasteiger partial charge in [-0.2, -0.15) is 0 Å². The van der Waals surface area contributed by atoms with Crippen LogP contribution in [-0.4, -0.2) is 19.6 Å². The van der Waals surface area contributed by atoms with Crippen molar-refractivity contribution in [2.75, 3.05) is 13.7 Å². The smallest absolute Gasteiger partial charge is 0.251 e. The van der Waals surface area contributed by atoms with Crippen LogP contribution in [0.1, 0.15) is 22.0 Å². The number of nitrogens with one attached hydrogen (secondary N) is 1. The SMILES string of the molecule is CO[C@@H](CNC(=O)c1cccc(Cl)c1)c1cccc(F)c1. The second kappa shape index (κ2) is 7.20. The first-order valence-electron chi connectivity index (χ1n) is 6.42. The number of methoxy groups -OCH3 is 1. The Morgan fingerprint density at radius 1 is 1.29 bits per heavy atom. The van der Waals surface area contributed by atoms with Gasteiger partial charge in [0.05, 0.1) is 6.10 Å². The molecule has 0 bridgehead atoms. The van der Waals surface area contributed by atoms with E-state index in [-0.39, 0.29) is 18.3 Å². The molecule has 0 heterocycles. The van der Waals surface area contributed by atoms with Crippen molar-refractivity contribution in [2.45, 2.75) is 6.10 Å². The zero-order valence-corrected chi connectivity index (χ0v) is 12.2. The fraction of sp³-hybridized carbons (Fsp3) is 0.188. The van der Waals surface area contributed by atoms with Crippen molar-refractivity contribution in [1.29, 1.82) is 0 Å². The van der Waals surface area contributed by atoms with E-state index in [9.17, 15) is 9.18 Å². The molecule has 0 aliphatic rings. The van der Waals surface area contributed by atoms with Crippen LogP contribution in [0, 0.1) is 5.82 Å². The van der Waals surface area contributed by atoms with Gasteiger partial charge in [-0.1, -0.05) is 29.8 Å². The van der Waals surface area contributed by atoms with Crippen molar-refractivity contribution < 1.29 is 13.9 Å². The average molecular weight is 308 g/mol. The van der Waals surface area contributed by atoms with Gasteiger partial charge >= 0.3 is 0 Å². The average Bonchev–Trinajstić information content (AvgIpc) is 2.48. The molecule has 0 saturated heterocycles. The van der Waals surface area contributed by atoms with Gasteiger partial charge in [-0.15, -0.1) is 0 Å². The van der Waals surface area contributed by atoms with Gasteiger partial charge in [-0.05, 0) is 35.9 Å². The Hall–Kier alpha value is -1.91. The van der Waals surface area contributed by atoms with Gasteiger partial charge in [-0.25, -0.2) is 4.39 Å². The lowest BCUT2D eigenvalue weighted by atomic mass is 10.1. The molecule has 0 saturated carbocycles. The molecule has 5 heteroatoms. The fourth-order valence-corrected chi connectivity index (χ4v) is 2.15. The van der Waals surface area contributed by atoms with Crippen LogP contribution < -0.4 is 5.32 Å². The molecule has 0 aliphatic carbocycles. The zero-order valence-electron chi connectivity index (χ0n) is 11.5. The first-order chi connectivity index (χ1) is 10.1. The van der Waals surface area contributed by atoms with Crippen molar-refractivity contribution in [3.8, 4) is 0 Å². The predicted octanol–water partition coefficient (Wildman–Crippen LogP) is 3.60. The van der Waals surface area contributed by atoms with E-state index in [1.165, 1.54) is 19.2 Å². The summed E-state index contributed by atoms with van der Waals surface area (Å²) in [5.74, 6) is -0.591. The van der Waals surface area contributed by atoms with Crippen LogP contribution >= 0.6 is 11.6 Å². The van der Waals surface area contributed by atoms with Gasteiger partial charge in [0.2, 0.25) is 0 Å². The molecule has 0 fully saturated rings. The molecule has 1 amide bonds. The third-order valence-corrected chi connectivity index (χ3v) is 3.27. The van der Waals surface area contributed by atoms with Crippen molar-refractivity contribution in [2.24, 2.45) is 0 Å². The molecule has 110 valence electrons. The molecular formula is C16H15ClFNO2. The molecular weight excluding hydrogens is 293 g/mol. The number of ether oxygens (including phenoxy) is 1. The first-order valence-corrected chi connectivity index (χ1v) is 6.80. The number of carbonyl (C=O) groups is 1. The second-order valence-corrected chi connectivity index (χ2v) is 4.94. The molecule has 0 aliphatic heterocycles. The van der Waals surface area contributed by atoms with Crippen LogP contribution in [0.5, 0.6) is 0 Å². The molecule has 2 rings (SSSR count). The lowest BCUT2D eigenvalue weighted by Crippen LogP contribution is -2.29. The number of benzene rings is 2. The van der Waals surface area contributed by atoms with Gasteiger partial charge in [0, 0.05) is 24.2 Å². The largest absolute Gasteiger partial charge is 0.375 e. The van der Waals surface area contributed by atoms with Crippen molar-refractivity contribution in [1.82, 2.24) is 5.32 Å². The lowest BCUT2D eigenvalue weighted by Gasteiger charge is -2.16. The Morgan fingerprint density at radius 2 is 2.05 bits per heavy atom. The summed E-state index contributed by atoms with van der Waals surface area (Å²) < 4.78 is 18.5. The molecule has 21 heavy (non-hydrogen) atoms. The van der Waals surface area contributed by atoms with Crippen molar-refractivity contribution in [3.05, 3.63) is 70.5 Å². The topological polar surface area (TPSA) is 38.3 Å². The van der Waals surface area contributed by atoms with Crippen LogP contribution in [0.15, 0.2) is 48.5 Å². The van der Waals surface area contributed by atoms with Gasteiger partial charge < -0.3 is 10.1 Å². The summed E-state index contributed by atoms with van der Waals surface area (Å²) in [6, 6.07) is 12.8. The van der Waals surface area contributed by atoms with Crippen LogP contribution in [0.4, 0.5) is 4.39 Å². The number of rotatable bonds is 5. The molecule has 2 aromatic carbocycles. The standard InChI is InChI=1S/C16H15ClFNO2/c1-21-15(11-4-3-7-14(18)9-11)10-19-16(20)12-5-2-6-13(17)8-12/h2-9,15H,10H2,1H3,(H,19,20)/t15-/m0/s1. The van der Waals surface area contributed by atoms with Crippen molar-refractivity contribution >= 4 is 17.5 Å². The Labute approximate surface area is 127 Å². The summed E-state index contributed by atoms with van der Waals surface area (Å²) >= 11 is 5.85. The Bertz CT molecular complexity index is 633. The normalized spacial score (nSPS) is 12.0. The Kier molecular flexibility index (Phi) is 5.31. The predicted molar refractivity (Wildman–Crippen MR) is 79.9 cm³/mol. The van der Waals surface area contributed by atoms with Crippen LogP contribution in [-0.2, 0) is 4.74 Å². The van der Waals surface area contributed by atoms with Gasteiger partial charge in [0.25, 0.3) is 5.91 Å². The lowest BCUT2D eigenvalue weighted by molar-refractivity contribution is 0.0827. The molecule has 1 atom stereocenters. The summed E-state index contributed by atoms with van der Waals surface area (Å²) in [7, 11) is 1.51. The van der Waals surface area contributed by atoms with Gasteiger partial charge in [0.15, 0.2) is 0 Å².